The molecule has 0 bridgehead atoms. The van der Waals surface area contributed by atoms with Gasteiger partial charge in [-0.3, -0.25) is 4.79 Å². The van der Waals surface area contributed by atoms with Gasteiger partial charge < -0.3 is 14.2 Å². The van der Waals surface area contributed by atoms with Crippen LogP contribution in [0.1, 0.15) is 33.6 Å². The van der Waals surface area contributed by atoms with E-state index in [9.17, 15) is 4.79 Å². The van der Waals surface area contributed by atoms with Gasteiger partial charge in [-0.1, -0.05) is 13.8 Å². The largest absolute Gasteiger partial charge is 0.466 e. The van der Waals surface area contributed by atoms with Crippen molar-refractivity contribution >= 4 is 5.97 Å². The summed E-state index contributed by atoms with van der Waals surface area (Å²) in [7, 11) is 0. The summed E-state index contributed by atoms with van der Waals surface area (Å²) in [6.07, 6.45) is 1.14. The van der Waals surface area contributed by atoms with Gasteiger partial charge in [0.05, 0.1) is 19.8 Å². The molecule has 96 valence electrons. The minimum atomic E-state index is -0.151. The predicted molar refractivity (Wildman–Crippen MR) is 62.3 cm³/mol. The number of rotatable bonds is 10. The van der Waals surface area contributed by atoms with Crippen LogP contribution in [-0.4, -0.2) is 39.0 Å². The molecule has 0 aromatic heterocycles. The Morgan fingerprint density at radius 3 is 2.44 bits per heavy atom. The lowest BCUT2D eigenvalue weighted by Gasteiger charge is -2.07. The van der Waals surface area contributed by atoms with Gasteiger partial charge in [-0.05, 0) is 19.3 Å². The minimum Gasteiger partial charge on any atom is -0.466 e. The van der Waals surface area contributed by atoms with Crippen LogP contribution in [-0.2, 0) is 19.0 Å². The highest BCUT2D eigenvalue weighted by Gasteiger charge is 2.00. The first kappa shape index (κ1) is 15.4. The van der Waals surface area contributed by atoms with Gasteiger partial charge in [-0.15, -0.1) is 0 Å². The summed E-state index contributed by atoms with van der Waals surface area (Å²) in [5.41, 5.74) is 0. The van der Waals surface area contributed by atoms with Crippen LogP contribution in [0.15, 0.2) is 0 Å². The molecule has 0 spiro atoms. The Morgan fingerprint density at radius 1 is 1.12 bits per heavy atom. The fourth-order valence-corrected chi connectivity index (χ4v) is 1.09. The van der Waals surface area contributed by atoms with E-state index in [2.05, 4.69) is 13.8 Å². The maximum Gasteiger partial charge on any atom is 0.305 e. The van der Waals surface area contributed by atoms with Crippen molar-refractivity contribution in [3.8, 4) is 0 Å². The van der Waals surface area contributed by atoms with E-state index < -0.39 is 0 Å². The molecule has 4 nitrogen and oxygen atoms in total. The normalized spacial score (nSPS) is 10.8. The molecule has 0 saturated carbocycles. The van der Waals surface area contributed by atoms with E-state index >= 15 is 0 Å². The van der Waals surface area contributed by atoms with Crippen LogP contribution < -0.4 is 0 Å². The molecule has 0 unspecified atom stereocenters. The van der Waals surface area contributed by atoms with Crippen molar-refractivity contribution in [1.82, 2.24) is 0 Å². The van der Waals surface area contributed by atoms with Gasteiger partial charge in [0.15, 0.2) is 0 Å². The van der Waals surface area contributed by atoms with E-state index in [0.29, 0.717) is 45.2 Å². The zero-order valence-electron chi connectivity index (χ0n) is 10.7. The highest BCUT2D eigenvalue weighted by molar-refractivity contribution is 5.69. The molecule has 0 aliphatic heterocycles. The topological polar surface area (TPSA) is 44.8 Å². The van der Waals surface area contributed by atoms with Crippen molar-refractivity contribution in [3.63, 3.8) is 0 Å². The Labute approximate surface area is 98.3 Å². The Hall–Kier alpha value is -0.610. The molecule has 0 fully saturated rings. The van der Waals surface area contributed by atoms with Gasteiger partial charge in [-0.2, -0.15) is 0 Å². The summed E-state index contributed by atoms with van der Waals surface area (Å²) in [6.45, 7) is 9.05. The van der Waals surface area contributed by atoms with Gasteiger partial charge in [0.2, 0.25) is 0 Å². The number of carbonyl (C=O) groups is 1. The number of esters is 1. The third kappa shape index (κ3) is 11.5. The van der Waals surface area contributed by atoms with Crippen molar-refractivity contribution < 1.29 is 19.0 Å². The molecular weight excluding hydrogens is 208 g/mol. The van der Waals surface area contributed by atoms with Crippen LogP contribution in [0.25, 0.3) is 0 Å². The van der Waals surface area contributed by atoms with E-state index in [4.69, 9.17) is 14.2 Å². The van der Waals surface area contributed by atoms with Gasteiger partial charge >= 0.3 is 5.97 Å². The van der Waals surface area contributed by atoms with E-state index in [-0.39, 0.29) is 5.97 Å². The zero-order valence-corrected chi connectivity index (χ0v) is 10.7. The van der Waals surface area contributed by atoms with Crippen LogP contribution in [0.5, 0.6) is 0 Å². The predicted octanol–water partition coefficient (Wildman–Crippen LogP) is 2.02. The Morgan fingerprint density at radius 2 is 1.81 bits per heavy atom. The number of hydrogen-bond acceptors (Lipinski definition) is 4. The summed E-state index contributed by atoms with van der Waals surface area (Å²) in [5.74, 6) is 0.408. The first-order valence-corrected chi connectivity index (χ1v) is 5.98. The van der Waals surface area contributed by atoms with Crippen molar-refractivity contribution in [3.05, 3.63) is 0 Å². The van der Waals surface area contributed by atoms with E-state index in [1.807, 2.05) is 0 Å². The molecule has 0 aliphatic carbocycles. The average Bonchev–Trinajstić information content (AvgIpc) is 2.22. The van der Waals surface area contributed by atoms with Gasteiger partial charge in [0, 0.05) is 19.6 Å². The molecule has 0 rings (SSSR count). The SMILES string of the molecule is CCOC(=O)CCCOCCOCC(C)C. The van der Waals surface area contributed by atoms with Crippen LogP contribution >= 0.6 is 0 Å². The van der Waals surface area contributed by atoms with Crippen LogP contribution in [0.2, 0.25) is 0 Å². The summed E-state index contributed by atoms with van der Waals surface area (Å²) in [6, 6.07) is 0. The Kier molecular flexibility index (Phi) is 10.5. The number of ether oxygens (including phenoxy) is 3. The van der Waals surface area contributed by atoms with Crippen LogP contribution in [0, 0.1) is 5.92 Å². The van der Waals surface area contributed by atoms with E-state index in [0.717, 1.165) is 6.61 Å². The number of hydrogen-bond donors (Lipinski definition) is 0. The third-order valence-electron chi connectivity index (χ3n) is 1.80. The Bertz CT molecular complexity index is 168. The molecule has 16 heavy (non-hydrogen) atoms. The lowest BCUT2D eigenvalue weighted by molar-refractivity contribution is -0.143. The van der Waals surface area contributed by atoms with Crippen molar-refractivity contribution in [2.75, 3.05) is 33.0 Å². The highest BCUT2D eigenvalue weighted by atomic mass is 16.5. The molecule has 0 aliphatic rings. The van der Waals surface area contributed by atoms with Gasteiger partial charge in [0.1, 0.15) is 0 Å². The van der Waals surface area contributed by atoms with E-state index in [1.54, 1.807) is 6.92 Å². The quantitative estimate of drug-likeness (QED) is 0.427. The molecule has 0 N–H and O–H groups in total. The second kappa shape index (κ2) is 10.9. The summed E-state index contributed by atoms with van der Waals surface area (Å²) in [5, 5.41) is 0. The van der Waals surface area contributed by atoms with Crippen molar-refractivity contribution in [2.45, 2.75) is 33.6 Å². The molecule has 0 atom stereocenters. The second-order valence-corrected chi connectivity index (χ2v) is 3.99. The maximum atomic E-state index is 11.0. The molecule has 4 heteroatoms. The summed E-state index contributed by atoms with van der Waals surface area (Å²) >= 11 is 0. The van der Waals surface area contributed by atoms with Crippen LogP contribution in [0.3, 0.4) is 0 Å². The average molecular weight is 232 g/mol. The van der Waals surface area contributed by atoms with E-state index in [1.165, 1.54) is 0 Å². The maximum absolute atomic E-state index is 11.0. The first-order valence-electron chi connectivity index (χ1n) is 5.98. The van der Waals surface area contributed by atoms with Gasteiger partial charge in [-0.25, -0.2) is 0 Å². The van der Waals surface area contributed by atoms with Gasteiger partial charge in [0.25, 0.3) is 0 Å². The summed E-state index contributed by atoms with van der Waals surface area (Å²) < 4.78 is 15.5. The Balaban J connectivity index is 3.07. The monoisotopic (exact) mass is 232 g/mol. The fraction of sp³-hybridized carbons (Fsp3) is 0.917. The first-order chi connectivity index (χ1) is 7.66. The molecular formula is C12H24O4. The minimum absolute atomic E-state index is 0.151. The lowest BCUT2D eigenvalue weighted by atomic mass is 10.2. The van der Waals surface area contributed by atoms with Crippen molar-refractivity contribution in [1.29, 1.82) is 0 Å². The fourth-order valence-electron chi connectivity index (χ4n) is 1.09. The molecule has 0 aromatic rings. The molecule has 0 amide bonds. The smallest absolute Gasteiger partial charge is 0.305 e. The molecule has 0 heterocycles. The molecule has 0 saturated heterocycles. The van der Waals surface area contributed by atoms with Crippen molar-refractivity contribution in [2.24, 2.45) is 5.92 Å². The van der Waals surface area contributed by atoms with Crippen LogP contribution in [0.4, 0.5) is 0 Å². The second-order valence-electron chi connectivity index (χ2n) is 3.99. The number of carbonyl (C=O) groups excluding carboxylic acids is 1. The zero-order chi connectivity index (χ0) is 12.2. The lowest BCUT2D eigenvalue weighted by Crippen LogP contribution is -2.10. The molecule has 0 aromatic carbocycles. The molecule has 0 radical (unpaired) electrons. The summed E-state index contributed by atoms with van der Waals surface area (Å²) in [4.78, 5) is 11.0. The third-order valence-corrected chi connectivity index (χ3v) is 1.80. The highest BCUT2D eigenvalue weighted by Crippen LogP contribution is 1.95. The standard InChI is InChI=1S/C12H24O4/c1-4-16-12(13)6-5-7-14-8-9-15-10-11(2)3/h11H,4-10H2,1-3H3.